The van der Waals surface area contributed by atoms with E-state index < -0.39 is 0 Å². The van der Waals surface area contributed by atoms with E-state index >= 15 is 0 Å². The summed E-state index contributed by atoms with van der Waals surface area (Å²) in [5, 5.41) is 3.54. The van der Waals surface area contributed by atoms with Gasteiger partial charge in [-0.15, -0.1) is 0 Å². The number of rotatable bonds is 6. The third kappa shape index (κ3) is 4.18. The Hall–Kier alpha value is -1.60. The Morgan fingerprint density at radius 3 is 2.38 bits per heavy atom. The van der Waals surface area contributed by atoms with Crippen molar-refractivity contribution in [2.75, 3.05) is 6.54 Å². The van der Waals surface area contributed by atoms with Gasteiger partial charge in [-0.2, -0.15) is 0 Å². The molecule has 2 rings (SSSR count). The molecule has 0 saturated carbocycles. The summed E-state index contributed by atoms with van der Waals surface area (Å²) in [6, 6.07) is 16.1. The Morgan fingerprint density at radius 1 is 1.00 bits per heavy atom. The second-order valence-corrected chi connectivity index (χ2v) is 6.00. The monoisotopic (exact) mass is 281 g/mol. The van der Waals surface area contributed by atoms with Gasteiger partial charge >= 0.3 is 0 Å². The minimum atomic E-state index is 0.538. The molecule has 0 fully saturated rings. The third-order valence-electron chi connectivity index (χ3n) is 4.15. The lowest BCUT2D eigenvalue weighted by atomic mass is 9.95. The van der Waals surface area contributed by atoms with E-state index in [4.69, 9.17) is 0 Å². The molecule has 1 atom stereocenters. The van der Waals surface area contributed by atoms with Crippen LogP contribution in [0.2, 0.25) is 0 Å². The highest BCUT2D eigenvalue weighted by molar-refractivity contribution is 5.68. The average Bonchev–Trinajstić information content (AvgIpc) is 2.49. The maximum Gasteiger partial charge on any atom is 0.00791 e. The molecule has 0 spiro atoms. The van der Waals surface area contributed by atoms with Gasteiger partial charge in [-0.25, -0.2) is 0 Å². The molecule has 0 amide bonds. The van der Waals surface area contributed by atoms with E-state index in [9.17, 15) is 0 Å². The van der Waals surface area contributed by atoms with Crippen LogP contribution >= 0.6 is 0 Å². The van der Waals surface area contributed by atoms with E-state index in [0.29, 0.717) is 6.04 Å². The Morgan fingerprint density at radius 2 is 1.71 bits per heavy atom. The van der Waals surface area contributed by atoms with Crippen molar-refractivity contribution in [3.63, 3.8) is 0 Å². The van der Waals surface area contributed by atoms with Gasteiger partial charge < -0.3 is 5.32 Å². The molecule has 0 heterocycles. The van der Waals surface area contributed by atoms with Crippen LogP contribution in [0.25, 0.3) is 11.1 Å². The Labute approximate surface area is 129 Å². The fourth-order valence-electron chi connectivity index (χ4n) is 2.70. The first-order valence-corrected chi connectivity index (χ1v) is 8.00. The fourth-order valence-corrected chi connectivity index (χ4v) is 2.70. The van der Waals surface area contributed by atoms with Gasteiger partial charge in [-0.1, -0.05) is 49.4 Å². The minimum absolute atomic E-state index is 0.538. The first kappa shape index (κ1) is 15.8. The second-order valence-electron chi connectivity index (χ2n) is 6.00. The van der Waals surface area contributed by atoms with Gasteiger partial charge in [0.05, 0.1) is 0 Å². The first-order chi connectivity index (χ1) is 10.1. The van der Waals surface area contributed by atoms with Crippen LogP contribution in [0.15, 0.2) is 42.5 Å². The quantitative estimate of drug-likeness (QED) is 0.794. The fraction of sp³-hybridized carbons (Fsp3) is 0.400. The predicted molar refractivity (Wildman–Crippen MR) is 92.8 cm³/mol. The van der Waals surface area contributed by atoms with Crippen molar-refractivity contribution in [2.45, 2.75) is 46.6 Å². The van der Waals surface area contributed by atoms with Gasteiger partial charge in [-0.3, -0.25) is 0 Å². The molecular formula is C20H27N. The topological polar surface area (TPSA) is 12.0 Å². The van der Waals surface area contributed by atoms with E-state index in [1.807, 2.05) is 0 Å². The molecule has 0 aliphatic rings. The van der Waals surface area contributed by atoms with Gasteiger partial charge in [0.15, 0.2) is 0 Å². The minimum Gasteiger partial charge on any atom is -0.314 e. The molecule has 21 heavy (non-hydrogen) atoms. The lowest BCUT2D eigenvalue weighted by Gasteiger charge is -2.14. The van der Waals surface area contributed by atoms with Gasteiger partial charge in [0.1, 0.15) is 0 Å². The molecule has 0 radical (unpaired) electrons. The van der Waals surface area contributed by atoms with Gasteiger partial charge in [0.2, 0.25) is 0 Å². The normalized spacial score (nSPS) is 12.4. The first-order valence-electron chi connectivity index (χ1n) is 8.00. The van der Waals surface area contributed by atoms with E-state index in [1.54, 1.807) is 0 Å². The Kier molecular flexibility index (Phi) is 5.58. The SMILES string of the molecule is CCCNC(C)Cc1ccc(-c2cccc(C)c2C)cc1. The summed E-state index contributed by atoms with van der Waals surface area (Å²) in [7, 11) is 0. The van der Waals surface area contributed by atoms with Crippen LogP contribution in [0.3, 0.4) is 0 Å². The standard InChI is InChI=1S/C20H27N/c1-5-13-21-16(3)14-18-9-11-19(12-10-18)20-8-6-7-15(2)17(20)4/h6-12,16,21H,5,13-14H2,1-4H3. The number of hydrogen-bond donors (Lipinski definition) is 1. The van der Waals surface area contributed by atoms with E-state index in [-0.39, 0.29) is 0 Å². The van der Waals surface area contributed by atoms with E-state index in [1.165, 1.54) is 34.2 Å². The van der Waals surface area contributed by atoms with Crippen LogP contribution in [-0.4, -0.2) is 12.6 Å². The highest BCUT2D eigenvalue weighted by Crippen LogP contribution is 2.25. The van der Waals surface area contributed by atoms with Crippen LogP contribution in [-0.2, 0) is 6.42 Å². The van der Waals surface area contributed by atoms with Gasteiger partial charge in [0.25, 0.3) is 0 Å². The largest absolute Gasteiger partial charge is 0.314 e. The third-order valence-corrected chi connectivity index (χ3v) is 4.15. The van der Waals surface area contributed by atoms with Crippen molar-refractivity contribution in [1.82, 2.24) is 5.32 Å². The van der Waals surface area contributed by atoms with E-state index in [0.717, 1.165) is 13.0 Å². The maximum atomic E-state index is 3.54. The number of nitrogens with one attached hydrogen (secondary N) is 1. The van der Waals surface area contributed by atoms with Gasteiger partial charge in [-0.05, 0) is 68.0 Å². The smallest absolute Gasteiger partial charge is 0.00791 e. The summed E-state index contributed by atoms with van der Waals surface area (Å²) in [5.41, 5.74) is 6.80. The number of hydrogen-bond acceptors (Lipinski definition) is 1. The number of aryl methyl sites for hydroxylation is 1. The van der Waals surface area contributed by atoms with E-state index in [2.05, 4.69) is 75.5 Å². The molecule has 0 aromatic heterocycles. The Bertz CT molecular complexity index is 569. The van der Waals surface area contributed by atoms with Crippen LogP contribution in [0.5, 0.6) is 0 Å². The predicted octanol–water partition coefficient (Wildman–Crippen LogP) is 4.90. The molecular weight excluding hydrogens is 254 g/mol. The van der Waals surface area contributed by atoms with Crippen molar-refractivity contribution in [3.8, 4) is 11.1 Å². The Balaban J connectivity index is 2.10. The zero-order valence-electron chi connectivity index (χ0n) is 13.7. The lowest BCUT2D eigenvalue weighted by molar-refractivity contribution is 0.543. The molecule has 2 aromatic carbocycles. The maximum absolute atomic E-state index is 3.54. The van der Waals surface area contributed by atoms with Crippen molar-refractivity contribution < 1.29 is 0 Å². The highest BCUT2D eigenvalue weighted by Gasteiger charge is 2.05. The molecule has 1 unspecified atom stereocenters. The molecule has 1 N–H and O–H groups in total. The molecule has 0 aliphatic heterocycles. The molecule has 1 nitrogen and oxygen atoms in total. The van der Waals surface area contributed by atoms with Gasteiger partial charge in [0, 0.05) is 6.04 Å². The summed E-state index contributed by atoms with van der Waals surface area (Å²) < 4.78 is 0. The molecule has 2 aromatic rings. The van der Waals surface area contributed by atoms with Crippen LogP contribution in [0.4, 0.5) is 0 Å². The van der Waals surface area contributed by atoms with Crippen molar-refractivity contribution in [3.05, 3.63) is 59.2 Å². The summed E-state index contributed by atoms with van der Waals surface area (Å²) >= 11 is 0. The summed E-state index contributed by atoms with van der Waals surface area (Å²) in [5.74, 6) is 0. The second kappa shape index (κ2) is 7.42. The lowest BCUT2D eigenvalue weighted by Crippen LogP contribution is -2.28. The van der Waals surface area contributed by atoms with Crippen LogP contribution < -0.4 is 5.32 Å². The van der Waals surface area contributed by atoms with Crippen molar-refractivity contribution in [2.24, 2.45) is 0 Å². The number of benzene rings is 2. The van der Waals surface area contributed by atoms with Crippen molar-refractivity contribution in [1.29, 1.82) is 0 Å². The molecule has 0 bridgehead atoms. The zero-order valence-corrected chi connectivity index (χ0v) is 13.7. The zero-order chi connectivity index (χ0) is 15.2. The van der Waals surface area contributed by atoms with Crippen LogP contribution in [0.1, 0.15) is 37.0 Å². The average molecular weight is 281 g/mol. The highest BCUT2D eigenvalue weighted by atomic mass is 14.9. The molecule has 0 aliphatic carbocycles. The van der Waals surface area contributed by atoms with Crippen molar-refractivity contribution >= 4 is 0 Å². The molecule has 0 saturated heterocycles. The summed E-state index contributed by atoms with van der Waals surface area (Å²) in [6.07, 6.45) is 2.28. The summed E-state index contributed by atoms with van der Waals surface area (Å²) in [6.45, 7) is 9.94. The summed E-state index contributed by atoms with van der Waals surface area (Å²) in [4.78, 5) is 0. The molecule has 112 valence electrons. The van der Waals surface area contributed by atoms with Crippen LogP contribution in [0, 0.1) is 13.8 Å². The molecule has 1 heteroatoms.